The maximum absolute atomic E-state index is 11.6. The normalized spacial score (nSPS) is 13.6. The predicted molar refractivity (Wildman–Crippen MR) is 32.7 cm³/mol. The van der Waals surface area contributed by atoms with Crippen LogP contribution in [0, 0.1) is 0 Å². The van der Waals surface area contributed by atoms with Crippen molar-refractivity contribution >= 4 is 5.71 Å². The maximum atomic E-state index is 11.6. The first kappa shape index (κ1) is 8.07. The van der Waals surface area contributed by atoms with Gasteiger partial charge < -0.3 is 5.73 Å². The van der Waals surface area contributed by atoms with Crippen LogP contribution in [0.2, 0.25) is 0 Å². The number of rotatable bonds is 2. The fourth-order valence-electron chi connectivity index (χ4n) is 0.343. The molecule has 0 saturated heterocycles. The third kappa shape index (κ3) is 2.79. The van der Waals surface area contributed by atoms with Gasteiger partial charge in [-0.2, -0.15) is 0 Å². The molecule has 0 atom stereocenters. The summed E-state index contributed by atoms with van der Waals surface area (Å²) in [5.41, 5.74) is 4.55. The van der Waals surface area contributed by atoms with E-state index < -0.39 is 6.43 Å². The van der Waals surface area contributed by atoms with Crippen LogP contribution in [-0.4, -0.2) is 19.2 Å². The van der Waals surface area contributed by atoms with Crippen LogP contribution in [-0.2, 0) is 0 Å². The summed E-state index contributed by atoms with van der Waals surface area (Å²) < 4.78 is 23.3. The lowest BCUT2D eigenvalue weighted by Crippen LogP contribution is -2.06. The monoisotopic (exact) mass is 134 g/mol. The first-order valence-corrected chi connectivity index (χ1v) is 2.35. The number of nitrogens with zero attached hydrogens (tertiary/aromatic N) is 1. The van der Waals surface area contributed by atoms with Crippen molar-refractivity contribution in [1.82, 2.24) is 0 Å². The second kappa shape index (κ2) is 4.00. The zero-order valence-corrected chi connectivity index (χ0v) is 5.01. The highest BCUT2D eigenvalue weighted by molar-refractivity contribution is 5.97. The van der Waals surface area contributed by atoms with E-state index in [1.807, 2.05) is 0 Å². The molecule has 0 amide bonds. The van der Waals surface area contributed by atoms with E-state index in [9.17, 15) is 8.78 Å². The lowest BCUT2D eigenvalue weighted by molar-refractivity contribution is 0.226. The zero-order chi connectivity index (χ0) is 7.28. The van der Waals surface area contributed by atoms with Gasteiger partial charge in [0.15, 0.2) is 0 Å². The van der Waals surface area contributed by atoms with E-state index in [2.05, 4.69) is 4.99 Å². The first-order valence-electron chi connectivity index (χ1n) is 2.35. The summed E-state index contributed by atoms with van der Waals surface area (Å²) >= 11 is 0. The Balaban J connectivity index is 4.01. The third-order valence-corrected chi connectivity index (χ3v) is 0.749. The van der Waals surface area contributed by atoms with E-state index >= 15 is 0 Å². The van der Waals surface area contributed by atoms with Gasteiger partial charge in [0.05, 0.1) is 0 Å². The number of alkyl halides is 2. The molecule has 0 unspecified atom stereocenters. The van der Waals surface area contributed by atoms with Gasteiger partial charge in [-0.3, -0.25) is 4.99 Å². The van der Waals surface area contributed by atoms with Crippen LogP contribution < -0.4 is 5.73 Å². The molecule has 0 aliphatic carbocycles. The Hall–Kier alpha value is -0.930. The van der Waals surface area contributed by atoms with Gasteiger partial charge in [0.25, 0.3) is 6.43 Å². The van der Waals surface area contributed by atoms with Crippen LogP contribution >= 0.6 is 0 Å². The van der Waals surface area contributed by atoms with Gasteiger partial charge in [0.2, 0.25) is 0 Å². The number of nitrogens with two attached hydrogens (primary N) is 1. The largest absolute Gasteiger partial charge is 0.405 e. The molecule has 0 radical (unpaired) electrons. The Kier molecular flexibility index (Phi) is 3.59. The zero-order valence-electron chi connectivity index (χ0n) is 5.01. The van der Waals surface area contributed by atoms with E-state index in [1.165, 1.54) is 7.05 Å². The summed E-state index contributed by atoms with van der Waals surface area (Å²) in [4.78, 5) is 3.28. The predicted octanol–water partition coefficient (Wildman–Crippen LogP) is 0.795. The summed E-state index contributed by atoms with van der Waals surface area (Å²) in [7, 11) is 1.29. The van der Waals surface area contributed by atoms with Crippen molar-refractivity contribution in [2.45, 2.75) is 6.43 Å². The molecule has 0 aliphatic rings. The summed E-state index contributed by atoms with van der Waals surface area (Å²) in [6.07, 6.45) is -0.422. The number of hydrogen-bond donors (Lipinski definition) is 1. The second-order valence-corrected chi connectivity index (χ2v) is 1.31. The van der Waals surface area contributed by atoms with Crippen LogP contribution in [0.5, 0.6) is 0 Å². The Morgan fingerprint density at radius 2 is 2.22 bits per heavy atom. The van der Waals surface area contributed by atoms with Crippen molar-refractivity contribution in [2.75, 3.05) is 7.05 Å². The Morgan fingerprint density at radius 1 is 1.67 bits per heavy atom. The first-order chi connectivity index (χ1) is 4.22. The number of halogens is 2. The summed E-state index contributed by atoms with van der Waals surface area (Å²) in [6, 6.07) is 0. The fourth-order valence-corrected chi connectivity index (χ4v) is 0.343. The maximum Gasteiger partial charge on any atom is 0.279 e. The van der Waals surface area contributed by atoms with Crippen LogP contribution in [0.3, 0.4) is 0 Å². The average Bonchev–Trinajstić information content (AvgIpc) is 1.82. The summed E-state index contributed by atoms with van der Waals surface area (Å²) in [6.45, 7) is 0. The van der Waals surface area contributed by atoms with Gasteiger partial charge in [0, 0.05) is 7.05 Å². The van der Waals surface area contributed by atoms with Crippen LogP contribution in [0.25, 0.3) is 0 Å². The minimum Gasteiger partial charge on any atom is -0.405 e. The quantitative estimate of drug-likeness (QED) is 0.557. The molecular weight excluding hydrogens is 126 g/mol. The molecule has 0 aromatic rings. The molecule has 0 aromatic heterocycles. The van der Waals surface area contributed by atoms with Crippen molar-refractivity contribution in [3.63, 3.8) is 0 Å². The van der Waals surface area contributed by atoms with E-state index in [4.69, 9.17) is 5.73 Å². The van der Waals surface area contributed by atoms with E-state index in [0.717, 1.165) is 12.3 Å². The van der Waals surface area contributed by atoms with E-state index in [1.54, 1.807) is 0 Å². The molecular formula is C5H8F2N2. The van der Waals surface area contributed by atoms with Crippen molar-refractivity contribution in [3.8, 4) is 0 Å². The lowest BCUT2D eigenvalue weighted by atomic mass is 10.4. The van der Waals surface area contributed by atoms with Gasteiger partial charge in [-0.1, -0.05) is 0 Å². The molecule has 0 bridgehead atoms. The van der Waals surface area contributed by atoms with Crippen LogP contribution in [0.15, 0.2) is 17.3 Å². The Labute approximate surface area is 52.1 Å². The van der Waals surface area contributed by atoms with Gasteiger partial charge in [-0.05, 0) is 12.3 Å². The molecule has 4 heteroatoms. The highest BCUT2D eigenvalue weighted by atomic mass is 19.3. The standard InChI is InChI=1S/C5H8F2N2/c1-9-4(2-3-8)5(6)7/h2-3,5H,8H2,1H3/b3-2-,9-4?. The van der Waals surface area contributed by atoms with E-state index in [0.29, 0.717) is 0 Å². The van der Waals surface area contributed by atoms with Gasteiger partial charge >= 0.3 is 0 Å². The summed E-state index contributed by atoms with van der Waals surface area (Å²) in [5.74, 6) is 0. The average molecular weight is 134 g/mol. The molecule has 9 heavy (non-hydrogen) atoms. The number of hydrogen-bond acceptors (Lipinski definition) is 2. The Morgan fingerprint density at radius 3 is 2.33 bits per heavy atom. The molecule has 0 fully saturated rings. The van der Waals surface area contributed by atoms with Gasteiger partial charge in [-0.15, -0.1) is 0 Å². The smallest absolute Gasteiger partial charge is 0.279 e. The lowest BCUT2D eigenvalue weighted by Gasteiger charge is -1.93. The highest BCUT2D eigenvalue weighted by Crippen LogP contribution is 1.96. The molecule has 0 rings (SSSR count). The third-order valence-electron chi connectivity index (χ3n) is 0.749. The Bertz CT molecular complexity index is 129. The molecule has 0 heterocycles. The number of allylic oxidation sites excluding steroid dienone is 1. The molecule has 2 N–H and O–H groups in total. The van der Waals surface area contributed by atoms with Crippen molar-refractivity contribution in [3.05, 3.63) is 12.3 Å². The molecule has 2 nitrogen and oxygen atoms in total. The molecule has 0 spiro atoms. The van der Waals surface area contributed by atoms with E-state index in [-0.39, 0.29) is 5.71 Å². The minimum absolute atomic E-state index is 0.294. The fraction of sp³-hybridized carbons (Fsp3) is 0.400. The van der Waals surface area contributed by atoms with Crippen molar-refractivity contribution < 1.29 is 8.78 Å². The van der Waals surface area contributed by atoms with Crippen molar-refractivity contribution in [2.24, 2.45) is 10.7 Å². The van der Waals surface area contributed by atoms with Gasteiger partial charge in [0.1, 0.15) is 5.71 Å². The van der Waals surface area contributed by atoms with Crippen LogP contribution in [0.1, 0.15) is 0 Å². The molecule has 0 aromatic carbocycles. The van der Waals surface area contributed by atoms with Crippen LogP contribution in [0.4, 0.5) is 8.78 Å². The highest BCUT2D eigenvalue weighted by Gasteiger charge is 2.06. The minimum atomic E-state index is -2.53. The van der Waals surface area contributed by atoms with Gasteiger partial charge in [-0.25, -0.2) is 8.78 Å². The topological polar surface area (TPSA) is 38.4 Å². The van der Waals surface area contributed by atoms with Crippen molar-refractivity contribution in [1.29, 1.82) is 0 Å². The number of aliphatic imine (C=N–C) groups is 1. The molecule has 0 saturated carbocycles. The SMILES string of the molecule is CN=C(/C=C\N)C(F)F. The second-order valence-electron chi connectivity index (χ2n) is 1.31. The molecule has 52 valence electrons. The molecule has 0 aliphatic heterocycles. The summed E-state index contributed by atoms with van der Waals surface area (Å²) in [5, 5.41) is 0.